The second-order valence-electron chi connectivity index (χ2n) is 6.12. The lowest BCUT2D eigenvalue weighted by atomic mass is 9.90. The first kappa shape index (κ1) is 19.6. The Bertz CT molecular complexity index is 572. The number of likely N-dealkylation sites (tertiary alicyclic amines) is 1. The summed E-state index contributed by atoms with van der Waals surface area (Å²) in [4.78, 5) is 7.70. The van der Waals surface area contributed by atoms with Gasteiger partial charge in [-0.15, -0.1) is 0 Å². The van der Waals surface area contributed by atoms with Crippen LogP contribution >= 0.6 is 29.4 Å². The van der Waals surface area contributed by atoms with Crippen LogP contribution in [0.25, 0.3) is 0 Å². The van der Waals surface area contributed by atoms with Crippen molar-refractivity contribution in [1.29, 1.82) is 0 Å². The van der Waals surface area contributed by atoms with Gasteiger partial charge in [0, 0.05) is 18.9 Å². The Morgan fingerprint density at radius 3 is 2.29 bits per heavy atom. The molecule has 1 fully saturated rings. The third kappa shape index (κ3) is 4.89. The average Bonchev–Trinajstić information content (AvgIpc) is 2.94. The van der Waals surface area contributed by atoms with E-state index in [0.29, 0.717) is 12.5 Å². The van der Waals surface area contributed by atoms with Crippen molar-refractivity contribution >= 4 is 34.0 Å². The molecule has 1 aromatic carbocycles. The van der Waals surface area contributed by atoms with Crippen LogP contribution in [0, 0.1) is 5.92 Å². The highest BCUT2D eigenvalue weighted by Crippen LogP contribution is 2.31. The average molecular weight is 425 g/mol. The molecule has 2 heterocycles. The molecule has 0 bridgehead atoms. The van der Waals surface area contributed by atoms with Crippen molar-refractivity contribution in [2.75, 3.05) is 13.1 Å². The van der Waals surface area contributed by atoms with Gasteiger partial charge in [-0.2, -0.15) is 26.7 Å². The zero-order valence-corrected chi connectivity index (χ0v) is 15.6. The van der Waals surface area contributed by atoms with Gasteiger partial charge in [-0.05, 0) is 59.6 Å². The highest BCUT2D eigenvalue weighted by molar-refractivity contribution is 9.18. The number of alkyl halides is 3. The van der Waals surface area contributed by atoms with Crippen molar-refractivity contribution in [2.24, 2.45) is 11.1 Å². The Labute approximate surface area is 154 Å². The molecule has 1 saturated heterocycles. The molecule has 0 aromatic heterocycles. The van der Waals surface area contributed by atoms with E-state index in [1.54, 1.807) is 12.1 Å². The Morgan fingerprint density at radius 1 is 1.17 bits per heavy atom. The largest absolute Gasteiger partial charge is 0.416 e. The van der Waals surface area contributed by atoms with E-state index in [1.807, 2.05) is 0 Å². The van der Waals surface area contributed by atoms with Gasteiger partial charge in [-0.1, -0.05) is 17.3 Å². The topological polar surface area (TPSA) is 24.8 Å². The molecule has 0 aliphatic carbocycles. The fourth-order valence-electron chi connectivity index (χ4n) is 3.16. The molecule has 3 rings (SSSR count). The lowest BCUT2D eigenvalue weighted by molar-refractivity contribution is -0.137. The van der Waals surface area contributed by atoms with Gasteiger partial charge >= 0.3 is 6.18 Å². The third-order valence-corrected chi connectivity index (χ3v) is 4.97. The summed E-state index contributed by atoms with van der Waals surface area (Å²) in [5, 5.41) is 3.94. The number of benzene rings is 1. The van der Waals surface area contributed by atoms with Gasteiger partial charge in [0.2, 0.25) is 0 Å². The molecular weight excluding hydrogens is 405 g/mol. The molecular formula is C16H20BrF3N2OS. The number of hydrogen-bond acceptors (Lipinski definition) is 3. The number of piperidine rings is 1. The second-order valence-corrected chi connectivity index (χ2v) is 7.04. The van der Waals surface area contributed by atoms with Crippen LogP contribution in [0.5, 0.6) is 0 Å². The van der Waals surface area contributed by atoms with Crippen LogP contribution in [-0.2, 0) is 17.6 Å². The number of rotatable bonds is 3. The van der Waals surface area contributed by atoms with E-state index < -0.39 is 11.7 Å². The van der Waals surface area contributed by atoms with Gasteiger partial charge < -0.3 is 4.84 Å². The van der Waals surface area contributed by atoms with Crippen molar-refractivity contribution in [3.63, 3.8) is 0 Å². The van der Waals surface area contributed by atoms with Crippen LogP contribution < -0.4 is 0 Å². The predicted octanol–water partition coefficient (Wildman–Crippen LogP) is 4.53. The van der Waals surface area contributed by atoms with E-state index in [2.05, 4.69) is 26.0 Å². The van der Waals surface area contributed by atoms with Crippen LogP contribution in [0.2, 0.25) is 0 Å². The maximum absolute atomic E-state index is 12.6. The standard InChI is InChI=1S/C16H18BrF3N2O.H2S/c17-15-9-14(23-21-15)12-5-7-22(8-6-12)10-11-1-3-13(4-2-11)16(18,19)20;/h1-4,12,14H,5-10H2;1H2/t14-;/m0./s1. The predicted molar refractivity (Wildman–Crippen MR) is 95.7 cm³/mol. The molecule has 2 aliphatic rings. The zero-order chi connectivity index (χ0) is 16.4. The first-order valence-corrected chi connectivity index (χ1v) is 8.48. The number of nitrogens with zero attached hydrogens (tertiary/aromatic N) is 2. The molecule has 0 spiro atoms. The lowest BCUT2D eigenvalue weighted by Crippen LogP contribution is -2.37. The Kier molecular flexibility index (Phi) is 6.61. The summed E-state index contributed by atoms with van der Waals surface area (Å²) in [6, 6.07) is 5.45. The summed E-state index contributed by atoms with van der Waals surface area (Å²) in [5.74, 6) is 0.498. The van der Waals surface area contributed by atoms with E-state index in [0.717, 1.165) is 54.7 Å². The zero-order valence-electron chi connectivity index (χ0n) is 13.0. The van der Waals surface area contributed by atoms with Crippen molar-refractivity contribution in [1.82, 2.24) is 4.90 Å². The van der Waals surface area contributed by atoms with Gasteiger partial charge in [0.1, 0.15) is 10.7 Å². The first-order chi connectivity index (χ1) is 10.9. The van der Waals surface area contributed by atoms with Crippen molar-refractivity contribution < 1.29 is 18.0 Å². The summed E-state index contributed by atoms with van der Waals surface area (Å²) < 4.78 is 38.6. The van der Waals surface area contributed by atoms with Crippen LogP contribution in [-0.4, -0.2) is 28.7 Å². The van der Waals surface area contributed by atoms with Gasteiger partial charge in [0.05, 0.1) is 5.56 Å². The van der Waals surface area contributed by atoms with Gasteiger partial charge in [0.25, 0.3) is 0 Å². The van der Waals surface area contributed by atoms with Crippen molar-refractivity contribution in [2.45, 2.75) is 38.1 Å². The maximum Gasteiger partial charge on any atom is 0.416 e. The molecule has 134 valence electrons. The molecule has 1 atom stereocenters. The van der Waals surface area contributed by atoms with Crippen molar-refractivity contribution in [3.8, 4) is 0 Å². The summed E-state index contributed by atoms with van der Waals surface area (Å²) in [6.45, 7) is 2.56. The minimum absolute atomic E-state index is 0. The summed E-state index contributed by atoms with van der Waals surface area (Å²) in [6.07, 6.45) is -1.21. The highest BCUT2D eigenvalue weighted by Gasteiger charge is 2.32. The molecule has 0 amide bonds. The smallest absolute Gasteiger partial charge is 0.391 e. The van der Waals surface area contributed by atoms with Crippen LogP contribution in [0.3, 0.4) is 0 Å². The normalized spacial score (nSPS) is 22.7. The SMILES string of the molecule is FC(F)(F)c1ccc(CN2CCC([C@@H]3CC(Br)=NO3)CC2)cc1.S. The van der Waals surface area contributed by atoms with E-state index in [-0.39, 0.29) is 19.6 Å². The van der Waals surface area contributed by atoms with Gasteiger partial charge in [0.15, 0.2) is 0 Å². The number of halogens is 4. The van der Waals surface area contributed by atoms with E-state index in [4.69, 9.17) is 4.84 Å². The lowest BCUT2D eigenvalue weighted by Gasteiger charge is -2.33. The Balaban J connectivity index is 0.00000208. The quantitative estimate of drug-likeness (QED) is 0.711. The van der Waals surface area contributed by atoms with Crippen LogP contribution in [0.1, 0.15) is 30.4 Å². The fraction of sp³-hybridized carbons (Fsp3) is 0.562. The Morgan fingerprint density at radius 2 is 1.79 bits per heavy atom. The second kappa shape index (κ2) is 8.10. The van der Waals surface area contributed by atoms with Gasteiger partial charge in [-0.25, -0.2) is 0 Å². The molecule has 0 N–H and O–H groups in total. The minimum atomic E-state index is -4.27. The highest BCUT2D eigenvalue weighted by atomic mass is 79.9. The summed E-state index contributed by atoms with van der Waals surface area (Å²) in [7, 11) is 0. The fourth-order valence-corrected chi connectivity index (χ4v) is 3.56. The van der Waals surface area contributed by atoms with E-state index >= 15 is 0 Å². The van der Waals surface area contributed by atoms with Crippen LogP contribution in [0.15, 0.2) is 29.4 Å². The van der Waals surface area contributed by atoms with Gasteiger partial charge in [-0.3, -0.25) is 4.90 Å². The Hall–Kier alpha value is -0.730. The number of hydrogen-bond donors (Lipinski definition) is 0. The monoisotopic (exact) mass is 424 g/mol. The molecule has 2 aliphatic heterocycles. The molecule has 1 aromatic rings. The number of oxime groups is 1. The summed E-state index contributed by atoms with van der Waals surface area (Å²) >= 11 is 3.36. The molecule has 3 nitrogen and oxygen atoms in total. The third-order valence-electron chi connectivity index (χ3n) is 4.50. The molecule has 0 unspecified atom stereocenters. The maximum atomic E-state index is 12.6. The van der Waals surface area contributed by atoms with Crippen molar-refractivity contribution in [3.05, 3.63) is 35.4 Å². The molecule has 0 radical (unpaired) electrons. The molecule has 24 heavy (non-hydrogen) atoms. The molecule has 0 saturated carbocycles. The van der Waals surface area contributed by atoms with Crippen LogP contribution in [0.4, 0.5) is 13.2 Å². The molecule has 8 heteroatoms. The van der Waals surface area contributed by atoms with E-state index in [9.17, 15) is 13.2 Å². The summed E-state index contributed by atoms with van der Waals surface area (Å²) in [5.41, 5.74) is 0.323. The first-order valence-electron chi connectivity index (χ1n) is 7.68. The van der Waals surface area contributed by atoms with E-state index in [1.165, 1.54) is 0 Å². The minimum Gasteiger partial charge on any atom is -0.391 e.